The maximum atomic E-state index is 14.4. The summed E-state index contributed by atoms with van der Waals surface area (Å²) in [5, 5.41) is 14.1. The van der Waals surface area contributed by atoms with Crippen LogP contribution < -0.4 is 9.64 Å². The van der Waals surface area contributed by atoms with Gasteiger partial charge < -0.3 is 9.84 Å². The van der Waals surface area contributed by atoms with Crippen LogP contribution in [-0.2, 0) is 15.0 Å². The van der Waals surface area contributed by atoms with E-state index in [9.17, 15) is 14.7 Å². The van der Waals surface area contributed by atoms with Crippen LogP contribution in [0.15, 0.2) is 48.8 Å². The van der Waals surface area contributed by atoms with Crippen molar-refractivity contribution in [3.8, 4) is 11.4 Å². The summed E-state index contributed by atoms with van der Waals surface area (Å²) in [5.41, 5.74) is 4.79. The molecule has 4 fully saturated rings. The number of aromatic nitrogens is 3. The Balaban J connectivity index is 1.25. The van der Waals surface area contributed by atoms with Gasteiger partial charge in [-0.05, 0) is 123 Å². The van der Waals surface area contributed by atoms with Gasteiger partial charge in [0.25, 0.3) is 0 Å². The zero-order valence-electron chi connectivity index (χ0n) is 27.3. The van der Waals surface area contributed by atoms with Crippen molar-refractivity contribution in [2.24, 2.45) is 17.3 Å². The largest absolute Gasteiger partial charge is 0.496 e. The Labute approximate surface area is 267 Å². The summed E-state index contributed by atoms with van der Waals surface area (Å²) in [7, 11) is 1.73. The first-order valence-electron chi connectivity index (χ1n) is 16.8. The molecule has 2 heterocycles. The molecule has 2 aromatic heterocycles. The number of carbonyl (C=O) groups is 2. The molecule has 8 heteroatoms. The monoisotopic (exact) mass is 612 g/mol. The maximum Gasteiger partial charge on any atom is 0.303 e. The van der Waals surface area contributed by atoms with Gasteiger partial charge in [0, 0.05) is 37.3 Å². The number of ether oxygens (including phenoxy) is 1. The van der Waals surface area contributed by atoms with E-state index in [0.717, 1.165) is 81.3 Å². The van der Waals surface area contributed by atoms with E-state index in [2.05, 4.69) is 39.0 Å². The number of rotatable bonds is 10. The Kier molecular flexibility index (Phi) is 8.77. The van der Waals surface area contributed by atoms with Gasteiger partial charge in [0.2, 0.25) is 5.91 Å². The number of aryl methyl sites for hydroxylation is 1. The quantitative estimate of drug-likeness (QED) is 0.253. The van der Waals surface area contributed by atoms with E-state index in [1.54, 1.807) is 13.3 Å². The number of nitrogens with zero attached hydrogens (tertiary/aromatic N) is 4. The number of carboxylic acid groups (broad SMARTS) is 1. The third-order valence-electron chi connectivity index (χ3n) is 11.3. The Hall–Kier alpha value is -3.68. The van der Waals surface area contributed by atoms with Gasteiger partial charge in [-0.3, -0.25) is 14.5 Å². The molecule has 0 unspecified atom stereocenters. The molecule has 240 valence electrons. The molecule has 0 radical (unpaired) electrons. The number of fused-ring (bicyclic) bond motifs is 3. The number of anilines is 1. The van der Waals surface area contributed by atoms with E-state index in [1.165, 1.54) is 11.1 Å². The van der Waals surface area contributed by atoms with Crippen LogP contribution in [0.4, 0.5) is 5.82 Å². The van der Waals surface area contributed by atoms with Crippen LogP contribution in [0.1, 0.15) is 107 Å². The summed E-state index contributed by atoms with van der Waals surface area (Å²) in [4.78, 5) is 32.5. The van der Waals surface area contributed by atoms with E-state index in [4.69, 9.17) is 14.8 Å². The molecule has 0 atom stereocenters. The minimum atomic E-state index is -0.749. The third kappa shape index (κ3) is 6.38. The van der Waals surface area contributed by atoms with Gasteiger partial charge in [-0.25, -0.2) is 9.67 Å². The van der Waals surface area contributed by atoms with E-state index >= 15 is 0 Å². The van der Waals surface area contributed by atoms with Crippen LogP contribution in [0.2, 0.25) is 0 Å². The molecule has 8 nitrogen and oxygen atoms in total. The zero-order valence-corrected chi connectivity index (χ0v) is 27.3. The Bertz CT molecular complexity index is 1510. The van der Waals surface area contributed by atoms with Crippen LogP contribution in [0, 0.1) is 24.2 Å². The molecular formula is C37H48N4O4. The lowest BCUT2D eigenvalue weighted by molar-refractivity contribution is -0.138. The van der Waals surface area contributed by atoms with Crippen molar-refractivity contribution in [1.29, 1.82) is 0 Å². The summed E-state index contributed by atoms with van der Waals surface area (Å²) in [6.45, 7) is 7.07. The summed E-state index contributed by atoms with van der Waals surface area (Å²) in [5.74, 6) is 1.39. The van der Waals surface area contributed by atoms with E-state index in [1.807, 2.05) is 34.0 Å². The minimum Gasteiger partial charge on any atom is -0.496 e. The molecule has 4 saturated carbocycles. The SMILES string of the molecule is COc1ccc(C23CCC(CN(C(=O)C4CCC(CC(=O)O)CC4)c4cc(-n5ccc(C(C)C)n5)ccn4)(CC2)CC3)cc1C. The molecule has 4 aliphatic carbocycles. The summed E-state index contributed by atoms with van der Waals surface area (Å²) in [6.07, 6.45) is 13.6. The minimum absolute atomic E-state index is 0.0631. The van der Waals surface area contributed by atoms with Gasteiger partial charge in [-0.1, -0.05) is 26.0 Å². The molecule has 45 heavy (non-hydrogen) atoms. The molecule has 3 aromatic rings. The van der Waals surface area contributed by atoms with E-state index in [-0.39, 0.29) is 35.0 Å². The number of carboxylic acids is 1. The molecule has 1 amide bonds. The fourth-order valence-electron chi connectivity index (χ4n) is 8.32. The first kappa shape index (κ1) is 31.3. The van der Waals surface area contributed by atoms with Crippen molar-refractivity contribution in [1.82, 2.24) is 14.8 Å². The Morgan fingerprint density at radius 3 is 2.33 bits per heavy atom. The molecule has 4 aliphatic rings. The highest BCUT2D eigenvalue weighted by Gasteiger charge is 2.51. The number of aliphatic carboxylic acids is 1. The fraction of sp³-hybridized carbons (Fsp3) is 0.568. The second-order valence-electron chi connectivity index (χ2n) is 14.4. The first-order chi connectivity index (χ1) is 21.6. The van der Waals surface area contributed by atoms with Crippen LogP contribution >= 0.6 is 0 Å². The number of carbonyl (C=O) groups excluding carboxylic acids is 1. The van der Waals surface area contributed by atoms with Crippen molar-refractivity contribution in [3.63, 3.8) is 0 Å². The highest BCUT2D eigenvalue weighted by molar-refractivity contribution is 5.94. The average molecular weight is 613 g/mol. The molecule has 2 bridgehead atoms. The fourth-order valence-corrected chi connectivity index (χ4v) is 8.32. The number of pyridine rings is 1. The molecule has 7 rings (SSSR count). The molecule has 0 aliphatic heterocycles. The first-order valence-corrected chi connectivity index (χ1v) is 16.8. The molecule has 0 spiro atoms. The van der Waals surface area contributed by atoms with Crippen molar-refractivity contribution >= 4 is 17.7 Å². The van der Waals surface area contributed by atoms with Crippen LogP contribution in [-0.4, -0.2) is 45.4 Å². The Morgan fingerprint density at radius 1 is 1.02 bits per heavy atom. The van der Waals surface area contributed by atoms with Gasteiger partial charge in [0.05, 0.1) is 18.5 Å². The number of hydrogen-bond donors (Lipinski definition) is 1. The van der Waals surface area contributed by atoms with Crippen molar-refractivity contribution in [2.75, 3.05) is 18.6 Å². The van der Waals surface area contributed by atoms with Gasteiger partial charge in [-0.15, -0.1) is 0 Å². The van der Waals surface area contributed by atoms with E-state index < -0.39 is 5.97 Å². The third-order valence-corrected chi connectivity index (χ3v) is 11.3. The normalized spacial score (nSPS) is 26.2. The number of methoxy groups -OCH3 is 1. The second-order valence-corrected chi connectivity index (χ2v) is 14.4. The number of benzene rings is 1. The van der Waals surface area contributed by atoms with Gasteiger partial charge in [-0.2, -0.15) is 5.10 Å². The van der Waals surface area contributed by atoms with Gasteiger partial charge >= 0.3 is 5.97 Å². The standard InChI is InChI=1S/C37H48N4O4/c1-25(2)31-12-20-41(39-31)30-11-19-38-33(23-30)40(35(44)28-7-5-27(6-8-28)22-34(42)43)24-36-13-16-37(17-14-36,18-15-36)29-9-10-32(45-4)26(3)21-29/h9-12,19-21,23,25,27-28H,5-8,13-18,22,24H2,1-4H3,(H,42,43). The predicted octanol–water partition coefficient (Wildman–Crippen LogP) is 7.61. The van der Waals surface area contributed by atoms with E-state index in [0.29, 0.717) is 18.3 Å². The lowest BCUT2D eigenvalue weighted by Crippen LogP contribution is -2.52. The number of hydrogen-bond acceptors (Lipinski definition) is 5. The topological polar surface area (TPSA) is 97.6 Å². The molecular weight excluding hydrogens is 564 g/mol. The van der Waals surface area contributed by atoms with Crippen molar-refractivity contribution in [2.45, 2.75) is 103 Å². The van der Waals surface area contributed by atoms with Crippen LogP contribution in [0.5, 0.6) is 5.75 Å². The molecule has 1 N–H and O–H groups in total. The predicted molar refractivity (Wildman–Crippen MR) is 175 cm³/mol. The van der Waals surface area contributed by atoms with Gasteiger partial charge in [0.15, 0.2) is 0 Å². The number of amides is 1. The van der Waals surface area contributed by atoms with Crippen LogP contribution in [0.25, 0.3) is 5.69 Å². The lowest BCUT2D eigenvalue weighted by Gasteiger charge is -2.55. The van der Waals surface area contributed by atoms with Crippen molar-refractivity contribution < 1.29 is 19.4 Å². The van der Waals surface area contributed by atoms with Crippen molar-refractivity contribution in [3.05, 3.63) is 65.6 Å². The maximum absolute atomic E-state index is 14.4. The average Bonchev–Trinajstić information content (AvgIpc) is 3.56. The summed E-state index contributed by atoms with van der Waals surface area (Å²) >= 11 is 0. The highest BCUT2D eigenvalue weighted by atomic mass is 16.5. The smallest absolute Gasteiger partial charge is 0.303 e. The van der Waals surface area contributed by atoms with Gasteiger partial charge in [0.1, 0.15) is 11.6 Å². The lowest BCUT2D eigenvalue weighted by atomic mass is 9.51. The molecule has 0 saturated heterocycles. The van der Waals surface area contributed by atoms with Crippen LogP contribution in [0.3, 0.4) is 0 Å². The molecule has 1 aromatic carbocycles. The highest BCUT2D eigenvalue weighted by Crippen LogP contribution is 2.58. The summed E-state index contributed by atoms with van der Waals surface area (Å²) in [6, 6.07) is 12.7. The summed E-state index contributed by atoms with van der Waals surface area (Å²) < 4.78 is 7.41. The zero-order chi connectivity index (χ0) is 31.8. The second kappa shape index (κ2) is 12.6. The Morgan fingerprint density at radius 2 is 1.73 bits per heavy atom.